The number of para-hydroxylation sites is 1. The van der Waals surface area contributed by atoms with Crippen LogP contribution in [0, 0.1) is 16.0 Å². The minimum atomic E-state index is -1.24. The molecule has 1 heterocycles. The first-order valence-electron chi connectivity index (χ1n) is 9.36. The van der Waals surface area contributed by atoms with E-state index in [9.17, 15) is 24.8 Å². The molecule has 2 rings (SSSR count). The molecule has 0 amide bonds. The molecule has 0 fully saturated rings. The molecule has 1 aromatic carbocycles. The summed E-state index contributed by atoms with van der Waals surface area (Å²) in [4.78, 5) is 37.7. The largest absolute Gasteiger partial charge is 0.478 e. The smallest absolute Gasteiger partial charge is 0.336 e. The Bertz CT molecular complexity index is 900. The van der Waals surface area contributed by atoms with Crippen molar-refractivity contribution in [2.24, 2.45) is 5.92 Å². The Kier molecular flexibility index (Phi) is 6.79. The number of allylic oxidation sites excluding steroid dienone is 2. The number of hydrogen-bond acceptors (Lipinski definition) is 6. The lowest BCUT2D eigenvalue weighted by Gasteiger charge is -2.35. The molecule has 29 heavy (non-hydrogen) atoms. The molecule has 0 spiro atoms. The fraction of sp³-hybridized carbons (Fsp3) is 0.429. The molecular formula is C21H26N2O6. The van der Waals surface area contributed by atoms with Crippen molar-refractivity contribution in [3.63, 3.8) is 0 Å². The highest BCUT2D eigenvalue weighted by atomic mass is 16.6. The van der Waals surface area contributed by atoms with E-state index in [1.165, 1.54) is 18.2 Å². The molecule has 0 saturated carbocycles. The molecule has 0 bridgehead atoms. The van der Waals surface area contributed by atoms with Gasteiger partial charge in [-0.1, -0.05) is 32.0 Å². The third-order valence-electron chi connectivity index (χ3n) is 5.19. The Morgan fingerprint density at radius 1 is 1.21 bits per heavy atom. The van der Waals surface area contributed by atoms with E-state index in [1.54, 1.807) is 31.9 Å². The molecular weight excluding hydrogens is 376 g/mol. The van der Waals surface area contributed by atoms with Gasteiger partial charge in [-0.05, 0) is 26.2 Å². The molecule has 1 unspecified atom stereocenters. The predicted octanol–water partition coefficient (Wildman–Crippen LogP) is 3.85. The molecule has 1 N–H and O–H groups in total. The molecule has 1 aliphatic rings. The number of carbonyl (C=O) groups is 2. The summed E-state index contributed by atoms with van der Waals surface area (Å²) in [6.07, 6.45) is 0.657. The molecule has 0 aromatic heterocycles. The number of rotatable bonds is 7. The zero-order valence-electron chi connectivity index (χ0n) is 17.3. The summed E-state index contributed by atoms with van der Waals surface area (Å²) in [5.74, 6) is -2.67. The van der Waals surface area contributed by atoms with Crippen LogP contribution in [0.3, 0.4) is 0 Å². The highest BCUT2D eigenvalue weighted by Gasteiger charge is 2.41. The number of ether oxygens (including phenoxy) is 1. The van der Waals surface area contributed by atoms with Gasteiger partial charge in [0.25, 0.3) is 5.69 Å². The molecule has 0 saturated heterocycles. The van der Waals surface area contributed by atoms with Crippen molar-refractivity contribution >= 4 is 17.6 Å². The number of nitro benzene ring substituents is 1. The van der Waals surface area contributed by atoms with Gasteiger partial charge >= 0.3 is 11.9 Å². The van der Waals surface area contributed by atoms with Crippen molar-refractivity contribution in [1.29, 1.82) is 0 Å². The highest BCUT2D eigenvalue weighted by Crippen LogP contribution is 2.44. The first-order chi connectivity index (χ1) is 13.6. The summed E-state index contributed by atoms with van der Waals surface area (Å²) in [6, 6.07) is 5.88. The summed E-state index contributed by atoms with van der Waals surface area (Å²) in [7, 11) is 1.66. The van der Waals surface area contributed by atoms with Crippen molar-refractivity contribution in [3.8, 4) is 0 Å². The molecule has 1 atom stereocenters. The lowest BCUT2D eigenvalue weighted by Crippen LogP contribution is -2.33. The van der Waals surface area contributed by atoms with Crippen LogP contribution in [0.4, 0.5) is 5.69 Å². The lowest BCUT2D eigenvalue weighted by molar-refractivity contribution is -0.385. The maximum Gasteiger partial charge on any atom is 0.336 e. The standard InChI is InChI=1S/C21H26N2O6/c1-12(2)10-11-29-21(26)18-14(4)22(5)13(3)17(20(24)25)19(18)15-8-6-7-9-16(15)23(27)28/h6-9,12,19H,10-11H2,1-5H3,(H,24,25). The molecule has 1 aliphatic heterocycles. The van der Waals surface area contributed by atoms with Crippen molar-refractivity contribution < 1.29 is 24.4 Å². The van der Waals surface area contributed by atoms with Gasteiger partial charge in [0.15, 0.2) is 0 Å². The van der Waals surface area contributed by atoms with Crippen LogP contribution in [0.25, 0.3) is 0 Å². The van der Waals surface area contributed by atoms with Crippen LogP contribution in [-0.4, -0.2) is 40.5 Å². The van der Waals surface area contributed by atoms with E-state index in [2.05, 4.69) is 0 Å². The topological polar surface area (TPSA) is 110 Å². The maximum atomic E-state index is 13.0. The molecule has 156 valence electrons. The third-order valence-corrected chi connectivity index (χ3v) is 5.19. The SMILES string of the molecule is CC1=C(C(=O)O)C(c2ccccc2[N+](=O)[O-])C(C(=O)OCCC(C)C)=C(C)N1C. The average Bonchev–Trinajstić information content (AvgIpc) is 2.64. The monoisotopic (exact) mass is 402 g/mol. The number of aliphatic carboxylic acids is 1. The van der Waals surface area contributed by atoms with Crippen molar-refractivity contribution in [2.75, 3.05) is 13.7 Å². The Labute approximate surface area is 169 Å². The molecule has 0 radical (unpaired) electrons. The van der Waals surface area contributed by atoms with E-state index in [0.29, 0.717) is 23.7 Å². The molecule has 0 aliphatic carbocycles. The second-order valence-electron chi connectivity index (χ2n) is 7.43. The normalized spacial score (nSPS) is 17.0. The van der Waals surface area contributed by atoms with Crippen LogP contribution in [0.15, 0.2) is 46.8 Å². The van der Waals surface area contributed by atoms with Gasteiger partial charge in [-0.25, -0.2) is 9.59 Å². The molecule has 8 heteroatoms. The second-order valence-corrected chi connectivity index (χ2v) is 7.43. The van der Waals surface area contributed by atoms with E-state index in [0.717, 1.165) is 0 Å². The van der Waals surface area contributed by atoms with Crippen LogP contribution in [0.2, 0.25) is 0 Å². The molecule has 8 nitrogen and oxygen atoms in total. The van der Waals surface area contributed by atoms with Gasteiger partial charge in [0.2, 0.25) is 0 Å². The Hall–Kier alpha value is -3.16. The van der Waals surface area contributed by atoms with E-state index < -0.39 is 22.8 Å². The van der Waals surface area contributed by atoms with Gasteiger partial charge in [-0.2, -0.15) is 0 Å². The van der Waals surface area contributed by atoms with Crippen LogP contribution in [-0.2, 0) is 14.3 Å². The van der Waals surface area contributed by atoms with Crippen LogP contribution < -0.4 is 0 Å². The fourth-order valence-electron chi connectivity index (χ4n) is 3.39. The summed E-state index contributed by atoms with van der Waals surface area (Å²) >= 11 is 0. The van der Waals surface area contributed by atoms with Crippen molar-refractivity contribution in [1.82, 2.24) is 4.90 Å². The van der Waals surface area contributed by atoms with E-state index in [-0.39, 0.29) is 29.0 Å². The van der Waals surface area contributed by atoms with Crippen LogP contribution >= 0.6 is 0 Å². The number of nitro groups is 1. The quantitative estimate of drug-likeness (QED) is 0.419. The first-order valence-corrected chi connectivity index (χ1v) is 9.36. The van der Waals surface area contributed by atoms with Gasteiger partial charge in [-0.3, -0.25) is 10.1 Å². The summed E-state index contributed by atoms with van der Waals surface area (Å²) in [5, 5.41) is 21.5. The number of carbonyl (C=O) groups excluding carboxylic acids is 1. The van der Waals surface area contributed by atoms with Gasteiger partial charge in [-0.15, -0.1) is 0 Å². The summed E-state index contributed by atoms with van der Waals surface area (Å²) < 4.78 is 5.42. The van der Waals surface area contributed by atoms with Crippen molar-refractivity contribution in [3.05, 3.63) is 62.5 Å². The number of nitrogens with zero attached hydrogens (tertiary/aromatic N) is 2. The first kappa shape index (κ1) is 22.1. The average molecular weight is 402 g/mol. The van der Waals surface area contributed by atoms with Crippen LogP contribution in [0.5, 0.6) is 0 Å². The number of esters is 1. The van der Waals surface area contributed by atoms with Crippen LogP contribution in [0.1, 0.15) is 45.6 Å². The van der Waals surface area contributed by atoms with Gasteiger partial charge in [0.1, 0.15) is 0 Å². The lowest BCUT2D eigenvalue weighted by atomic mass is 9.79. The second kappa shape index (κ2) is 8.89. The van der Waals surface area contributed by atoms with Crippen molar-refractivity contribution in [2.45, 2.75) is 40.0 Å². The number of benzene rings is 1. The van der Waals surface area contributed by atoms with Gasteiger partial charge < -0.3 is 14.7 Å². The van der Waals surface area contributed by atoms with E-state index in [1.807, 2.05) is 13.8 Å². The number of hydrogen-bond donors (Lipinski definition) is 1. The summed E-state index contributed by atoms with van der Waals surface area (Å²) in [5.41, 5.74) is 0.852. The Morgan fingerprint density at radius 3 is 2.34 bits per heavy atom. The molecule has 1 aromatic rings. The Balaban J connectivity index is 2.66. The third kappa shape index (κ3) is 4.47. The minimum absolute atomic E-state index is 0.0804. The minimum Gasteiger partial charge on any atom is -0.478 e. The Morgan fingerprint density at radius 2 is 1.79 bits per heavy atom. The van der Waals surface area contributed by atoms with E-state index >= 15 is 0 Å². The zero-order chi connectivity index (χ0) is 21.9. The number of carboxylic acids is 1. The summed E-state index contributed by atoms with van der Waals surface area (Å²) in [6.45, 7) is 7.49. The maximum absolute atomic E-state index is 13.0. The zero-order valence-corrected chi connectivity index (χ0v) is 17.3. The number of carboxylic acid groups (broad SMARTS) is 1. The predicted molar refractivity (Wildman–Crippen MR) is 107 cm³/mol. The van der Waals surface area contributed by atoms with Gasteiger partial charge in [0.05, 0.1) is 28.6 Å². The van der Waals surface area contributed by atoms with E-state index in [4.69, 9.17) is 4.74 Å². The van der Waals surface area contributed by atoms with Gasteiger partial charge in [0, 0.05) is 30.1 Å². The fourth-order valence-corrected chi connectivity index (χ4v) is 3.39. The highest BCUT2D eigenvalue weighted by molar-refractivity contribution is 5.99.